The zero-order valence-corrected chi connectivity index (χ0v) is 12.2. The first-order valence-electron chi connectivity index (χ1n) is 5.93. The molecule has 0 saturated heterocycles. The molecule has 0 radical (unpaired) electrons. The fraction of sp³-hybridized carbons (Fsp3) is 0.214. The number of halogens is 1. The number of nitrogens with zero attached hydrogens (tertiary/aromatic N) is 1. The molecule has 1 unspecified atom stereocenters. The maximum absolute atomic E-state index is 5.66. The summed E-state index contributed by atoms with van der Waals surface area (Å²) in [6, 6.07) is 9.94. The van der Waals surface area contributed by atoms with Crippen molar-refractivity contribution in [1.82, 2.24) is 10.4 Å². The average molecular weight is 322 g/mol. The topological polar surface area (TPSA) is 60.2 Å². The van der Waals surface area contributed by atoms with E-state index in [-0.39, 0.29) is 6.04 Å². The molecule has 19 heavy (non-hydrogen) atoms. The highest BCUT2D eigenvalue weighted by Crippen LogP contribution is 2.28. The molecule has 3 N–H and O–H groups in total. The summed E-state index contributed by atoms with van der Waals surface area (Å²) in [6.07, 6.45) is 4.39. The third-order valence-corrected chi connectivity index (χ3v) is 3.56. The van der Waals surface area contributed by atoms with Crippen LogP contribution in [-0.4, -0.2) is 12.1 Å². The molecule has 2 rings (SSSR count). The molecule has 5 heteroatoms. The second-order valence-electron chi connectivity index (χ2n) is 4.18. The summed E-state index contributed by atoms with van der Waals surface area (Å²) in [5, 5.41) is 0. The van der Waals surface area contributed by atoms with Crippen molar-refractivity contribution in [2.45, 2.75) is 12.5 Å². The van der Waals surface area contributed by atoms with Gasteiger partial charge in [0.1, 0.15) is 5.75 Å². The highest BCUT2D eigenvalue weighted by atomic mass is 79.9. The molecule has 0 aliphatic heterocycles. The van der Waals surface area contributed by atoms with E-state index in [2.05, 4.69) is 26.3 Å². The molecule has 1 aromatic carbocycles. The van der Waals surface area contributed by atoms with Crippen LogP contribution in [0.1, 0.15) is 17.2 Å². The van der Waals surface area contributed by atoms with Gasteiger partial charge in [0, 0.05) is 12.4 Å². The van der Waals surface area contributed by atoms with Crippen LogP contribution >= 0.6 is 15.9 Å². The number of hydrogen-bond acceptors (Lipinski definition) is 4. The maximum Gasteiger partial charge on any atom is 0.133 e. The minimum Gasteiger partial charge on any atom is -0.496 e. The number of hydrazine groups is 1. The smallest absolute Gasteiger partial charge is 0.133 e. The van der Waals surface area contributed by atoms with E-state index in [0.29, 0.717) is 0 Å². The van der Waals surface area contributed by atoms with Crippen LogP contribution in [0.3, 0.4) is 0 Å². The van der Waals surface area contributed by atoms with Gasteiger partial charge in [-0.15, -0.1) is 0 Å². The molecule has 1 heterocycles. The molecule has 0 spiro atoms. The number of nitrogens with two attached hydrogens (primary N) is 1. The molecule has 0 saturated carbocycles. The lowest BCUT2D eigenvalue weighted by Crippen LogP contribution is -2.29. The normalized spacial score (nSPS) is 12.2. The van der Waals surface area contributed by atoms with Gasteiger partial charge in [-0.1, -0.05) is 12.1 Å². The van der Waals surface area contributed by atoms with E-state index in [4.69, 9.17) is 10.6 Å². The van der Waals surface area contributed by atoms with Crippen molar-refractivity contribution < 1.29 is 4.74 Å². The lowest BCUT2D eigenvalue weighted by Gasteiger charge is -2.17. The van der Waals surface area contributed by atoms with Crippen LogP contribution in [0.25, 0.3) is 0 Å². The Hall–Kier alpha value is -1.43. The third-order valence-electron chi connectivity index (χ3n) is 2.94. The maximum atomic E-state index is 5.66. The predicted molar refractivity (Wildman–Crippen MR) is 78.7 cm³/mol. The molecular weight excluding hydrogens is 306 g/mol. The van der Waals surface area contributed by atoms with E-state index in [1.165, 1.54) is 0 Å². The molecule has 0 aliphatic rings. The Kier molecular flexibility index (Phi) is 4.90. The molecule has 0 bridgehead atoms. The van der Waals surface area contributed by atoms with Gasteiger partial charge in [-0.25, -0.2) is 0 Å². The van der Waals surface area contributed by atoms with Gasteiger partial charge in [-0.05, 0) is 51.7 Å². The van der Waals surface area contributed by atoms with E-state index in [0.717, 1.165) is 27.8 Å². The van der Waals surface area contributed by atoms with Crippen molar-refractivity contribution in [1.29, 1.82) is 0 Å². The minimum absolute atomic E-state index is 0.0337. The van der Waals surface area contributed by atoms with Crippen LogP contribution in [0.4, 0.5) is 0 Å². The van der Waals surface area contributed by atoms with Crippen LogP contribution in [0, 0.1) is 0 Å². The summed E-state index contributed by atoms with van der Waals surface area (Å²) in [7, 11) is 1.65. The van der Waals surface area contributed by atoms with Crippen LogP contribution in [0.2, 0.25) is 0 Å². The van der Waals surface area contributed by atoms with Gasteiger partial charge in [0.25, 0.3) is 0 Å². The van der Waals surface area contributed by atoms with Crippen molar-refractivity contribution in [3.05, 3.63) is 58.3 Å². The fourth-order valence-electron chi connectivity index (χ4n) is 1.93. The average Bonchev–Trinajstić information content (AvgIpc) is 2.46. The highest BCUT2D eigenvalue weighted by molar-refractivity contribution is 9.10. The molecule has 0 fully saturated rings. The summed E-state index contributed by atoms with van der Waals surface area (Å²) in [4.78, 5) is 4.11. The summed E-state index contributed by atoms with van der Waals surface area (Å²) >= 11 is 3.48. The van der Waals surface area contributed by atoms with Crippen molar-refractivity contribution in [3.63, 3.8) is 0 Å². The van der Waals surface area contributed by atoms with Crippen molar-refractivity contribution in [2.75, 3.05) is 7.11 Å². The second kappa shape index (κ2) is 6.65. The monoisotopic (exact) mass is 321 g/mol. The van der Waals surface area contributed by atoms with E-state index < -0.39 is 0 Å². The zero-order valence-electron chi connectivity index (χ0n) is 10.6. The first kappa shape index (κ1) is 14.0. The molecular formula is C14H16BrN3O. The molecule has 100 valence electrons. The molecule has 4 nitrogen and oxygen atoms in total. The Labute approximate surface area is 121 Å². The second-order valence-corrected chi connectivity index (χ2v) is 5.03. The minimum atomic E-state index is 0.0337. The first-order chi connectivity index (χ1) is 9.24. The lowest BCUT2D eigenvalue weighted by molar-refractivity contribution is 0.411. The number of nitrogens with one attached hydrogen (secondary N) is 1. The third kappa shape index (κ3) is 3.53. The van der Waals surface area contributed by atoms with Crippen LogP contribution < -0.4 is 16.0 Å². The van der Waals surface area contributed by atoms with E-state index in [9.17, 15) is 0 Å². The van der Waals surface area contributed by atoms with Gasteiger partial charge < -0.3 is 4.74 Å². The molecule has 1 atom stereocenters. The fourth-order valence-corrected chi connectivity index (χ4v) is 2.49. The Morgan fingerprint density at radius 3 is 2.84 bits per heavy atom. The van der Waals surface area contributed by atoms with Gasteiger partial charge in [-0.3, -0.25) is 16.3 Å². The van der Waals surface area contributed by atoms with Crippen molar-refractivity contribution in [3.8, 4) is 5.75 Å². The number of pyridine rings is 1. The van der Waals surface area contributed by atoms with Crippen molar-refractivity contribution >= 4 is 15.9 Å². The molecule has 0 aliphatic carbocycles. The van der Waals surface area contributed by atoms with Gasteiger partial charge in [0.15, 0.2) is 0 Å². The van der Waals surface area contributed by atoms with Gasteiger partial charge in [0.2, 0.25) is 0 Å². The Bertz CT molecular complexity index is 533. The SMILES string of the molecule is COc1ccc(C(Cc2cccnc2)NN)cc1Br. The van der Waals surface area contributed by atoms with E-state index in [1.54, 1.807) is 13.3 Å². The molecule has 1 aromatic heterocycles. The summed E-state index contributed by atoms with van der Waals surface area (Å²) in [5.74, 6) is 6.46. The quantitative estimate of drug-likeness (QED) is 0.656. The van der Waals surface area contributed by atoms with Crippen LogP contribution in [0.5, 0.6) is 5.75 Å². The van der Waals surface area contributed by atoms with Crippen LogP contribution in [0.15, 0.2) is 47.2 Å². The zero-order chi connectivity index (χ0) is 13.7. The number of methoxy groups -OCH3 is 1. The Morgan fingerprint density at radius 1 is 1.42 bits per heavy atom. The van der Waals surface area contributed by atoms with Gasteiger partial charge in [0.05, 0.1) is 17.6 Å². The largest absolute Gasteiger partial charge is 0.496 e. The molecule has 2 aromatic rings. The number of hydrogen-bond donors (Lipinski definition) is 2. The van der Waals surface area contributed by atoms with E-state index in [1.807, 2.05) is 36.5 Å². The number of rotatable bonds is 5. The van der Waals surface area contributed by atoms with Gasteiger partial charge in [-0.2, -0.15) is 0 Å². The number of aromatic nitrogens is 1. The summed E-state index contributed by atoms with van der Waals surface area (Å²) in [6.45, 7) is 0. The standard InChI is InChI=1S/C14H16BrN3O/c1-19-14-5-4-11(8-12(14)15)13(18-16)7-10-3-2-6-17-9-10/h2-6,8-9,13,18H,7,16H2,1H3. The first-order valence-corrected chi connectivity index (χ1v) is 6.72. The van der Waals surface area contributed by atoms with Crippen LogP contribution in [-0.2, 0) is 6.42 Å². The highest BCUT2D eigenvalue weighted by Gasteiger charge is 2.12. The summed E-state index contributed by atoms with van der Waals surface area (Å²) < 4.78 is 6.14. The predicted octanol–water partition coefficient (Wildman–Crippen LogP) is 2.60. The van der Waals surface area contributed by atoms with Crippen molar-refractivity contribution in [2.24, 2.45) is 5.84 Å². The van der Waals surface area contributed by atoms with Gasteiger partial charge >= 0.3 is 0 Å². The number of benzene rings is 1. The Morgan fingerprint density at radius 2 is 2.26 bits per heavy atom. The lowest BCUT2D eigenvalue weighted by atomic mass is 10.0. The number of ether oxygens (including phenoxy) is 1. The van der Waals surface area contributed by atoms with E-state index >= 15 is 0 Å². The molecule has 0 amide bonds. The Balaban J connectivity index is 2.20. The summed E-state index contributed by atoms with van der Waals surface area (Å²) in [5.41, 5.74) is 5.07.